The maximum absolute atomic E-state index is 11.3. The van der Waals surface area contributed by atoms with Crippen molar-refractivity contribution in [1.29, 1.82) is 0 Å². The van der Waals surface area contributed by atoms with Crippen LogP contribution in [0, 0.1) is 6.92 Å². The number of hydrogen-bond donors (Lipinski definition) is 0. The van der Waals surface area contributed by atoms with E-state index >= 15 is 0 Å². The topological polar surface area (TPSA) is 26.3 Å². The number of carbonyl (C=O) groups is 1. The highest BCUT2D eigenvalue weighted by molar-refractivity contribution is 5.79. The summed E-state index contributed by atoms with van der Waals surface area (Å²) < 4.78 is 5.57. The summed E-state index contributed by atoms with van der Waals surface area (Å²) in [5, 5.41) is 0. The van der Waals surface area contributed by atoms with E-state index in [4.69, 9.17) is 4.74 Å². The number of Topliss-reactive ketones (excluding diaryl/α,β-unsaturated/α-hetero) is 1. The highest BCUT2D eigenvalue weighted by atomic mass is 16.5. The van der Waals surface area contributed by atoms with Crippen molar-refractivity contribution < 1.29 is 9.53 Å². The molecule has 14 heavy (non-hydrogen) atoms. The van der Waals surface area contributed by atoms with E-state index in [-0.39, 0.29) is 6.10 Å². The van der Waals surface area contributed by atoms with Crippen LogP contribution >= 0.6 is 0 Å². The lowest BCUT2D eigenvalue weighted by molar-refractivity contribution is -0.128. The van der Waals surface area contributed by atoms with Crippen molar-refractivity contribution in [3.05, 3.63) is 35.4 Å². The van der Waals surface area contributed by atoms with Gasteiger partial charge >= 0.3 is 0 Å². The smallest absolute Gasteiger partial charge is 0.138 e. The van der Waals surface area contributed by atoms with Gasteiger partial charge in [0.15, 0.2) is 0 Å². The maximum atomic E-state index is 11.3. The van der Waals surface area contributed by atoms with Gasteiger partial charge in [-0.3, -0.25) is 4.79 Å². The summed E-state index contributed by atoms with van der Waals surface area (Å²) in [6.45, 7) is 2.62. The molecule has 1 aromatic carbocycles. The second kappa shape index (κ2) is 3.93. The number of hydrogen-bond acceptors (Lipinski definition) is 2. The van der Waals surface area contributed by atoms with Crippen molar-refractivity contribution in [1.82, 2.24) is 0 Å². The van der Waals surface area contributed by atoms with E-state index in [1.807, 2.05) is 25.1 Å². The Labute approximate surface area is 83.9 Å². The van der Waals surface area contributed by atoms with Crippen LogP contribution in [0.5, 0.6) is 0 Å². The van der Waals surface area contributed by atoms with Crippen LogP contribution in [0.4, 0.5) is 0 Å². The molecule has 0 N–H and O–H groups in total. The zero-order chi connectivity index (χ0) is 9.97. The Bertz CT molecular complexity index is 344. The molecule has 0 aliphatic carbocycles. The summed E-state index contributed by atoms with van der Waals surface area (Å²) in [5.74, 6) is 0.308. The van der Waals surface area contributed by atoms with Gasteiger partial charge in [-0.2, -0.15) is 0 Å². The molecular formula is C12H14O2. The van der Waals surface area contributed by atoms with Crippen molar-refractivity contribution in [2.45, 2.75) is 25.9 Å². The minimum absolute atomic E-state index is 0.0175. The molecule has 1 heterocycles. The molecule has 1 fully saturated rings. The standard InChI is InChI=1S/C12H14O2/c1-9-3-2-4-10(7-9)12-8-11(13)5-6-14-12/h2-4,7,12H,5-6,8H2,1H3. The fraction of sp³-hybridized carbons (Fsp3) is 0.417. The summed E-state index contributed by atoms with van der Waals surface area (Å²) in [5.41, 5.74) is 2.34. The van der Waals surface area contributed by atoms with E-state index in [0.29, 0.717) is 25.2 Å². The number of benzene rings is 1. The van der Waals surface area contributed by atoms with Crippen LogP contribution in [-0.2, 0) is 9.53 Å². The van der Waals surface area contributed by atoms with Gasteiger partial charge in [-0.05, 0) is 12.5 Å². The van der Waals surface area contributed by atoms with Gasteiger partial charge in [0.05, 0.1) is 12.7 Å². The Morgan fingerprint density at radius 3 is 3.00 bits per heavy atom. The lowest BCUT2D eigenvalue weighted by Gasteiger charge is -2.22. The third kappa shape index (κ3) is 2.02. The zero-order valence-electron chi connectivity index (χ0n) is 8.32. The molecule has 74 valence electrons. The first kappa shape index (κ1) is 9.41. The summed E-state index contributed by atoms with van der Waals surface area (Å²) >= 11 is 0. The van der Waals surface area contributed by atoms with Gasteiger partial charge < -0.3 is 4.74 Å². The Morgan fingerprint density at radius 2 is 2.29 bits per heavy atom. The quantitative estimate of drug-likeness (QED) is 0.679. The molecule has 0 aromatic heterocycles. The molecular weight excluding hydrogens is 176 g/mol. The van der Waals surface area contributed by atoms with Crippen LogP contribution in [0.15, 0.2) is 24.3 Å². The third-order valence-corrected chi connectivity index (χ3v) is 2.53. The average Bonchev–Trinajstić information content (AvgIpc) is 2.18. The van der Waals surface area contributed by atoms with Crippen molar-refractivity contribution in [3.8, 4) is 0 Å². The Morgan fingerprint density at radius 1 is 1.43 bits per heavy atom. The largest absolute Gasteiger partial charge is 0.373 e. The average molecular weight is 190 g/mol. The van der Waals surface area contributed by atoms with E-state index in [9.17, 15) is 4.79 Å². The molecule has 1 atom stereocenters. The molecule has 1 aliphatic rings. The van der Waals surface area contributed by atoms with Crippen LogP contribution in [0.3, 0.4) is 0 Å². The first-order valence-corrected chi connectivity index (χ1v) is 4.95. The van der Waals surface area contributed by atoms with E-state index in [1.165, 1.54) is 5.56 Å². The van der Waals surface area contributed by atoms with Crippen LogP contribution in [0.25, 0.3) is 0 Å². The molecule has 2 nitrogen and oxygen atoms in total. The predicted octanol–water partition coefficient (Wildman–Crippen LogP) is 2.42. The van der Waals surface area contributed by atoms with Gasteiger partial charge in [-0.25, -0.2) is 0 Å². The SMILES string of the molecule is Cc1cccc(C2CC(=O)CCO2)c1. The molecule has 0 bridgehead atoms. The summed E-state index contributed by atoms with van der Waals surface area (Å²) in [6.07, 6.45) is 1.09. The Kier molecular flexibility index (Phi) is 2.64. The summed E-state index contributed by atoms with van der Waals surface area (Å²) in [7, 11) is 0. The van der Waals surface area contributed by atoms with Gasteiger partial charge in [0.2, 0.25) is 0 Å². The molecule has 1 saturated heterocycles. The highest BCUT2D eigenvalue weighted by Crippen LogP contribution is 2.26. The van der Waals surface area contributed by atoms with Crippen molar-refractivity contribution in [3.63, 3.8) is 0 Å². The summed E-state index contributed by atoms with van der Waals surface area (Å²) in [6, 6.07) is 8.17. The van der Waals surface area contributed by atoms with E-state index in [0.717, 1.165) is 5.56 Å². The zero-order valence-corrected chi connectivity index (χ0v) is 8.32. The lowest BCUT2D eigenvalue weighted by atomic mass is 9.99. The summed E-state index contributed by atoms with van der Waals surface area (Å²) in [4.78, 5) is 11.3. The van der Waals surface area contributed by atoms with E-state index in [2.05, 4.69) is 6.07 Å². The molecule has 1 aromatic rings. The van der Waals surface area contributed by atoms with Gasteiger partial charge in [0.25, 0.3) is 0 Å². The second-order valence-electron chi connectivity index (χ2n) is 3.77. The number of ketones is 1. The lowest BCUT2D eigenvalue weighted by Crippen LogP contribution is -2.19. The minimum atomic E-state index is -0.0175. The molecule has 1 unspecified atom stereocenters. The number of rotatable bonds is 1. The molecule has 0 amide bonds. The first-order chi connectivity index (χ1) is 6.75. The van der Waals surface area contributed by atoms with Crippen LogP contribution in [0.2, 0.25) is 0 Å². The Hall–Kier alpha value is -1.15. The van der Waals surface area contributed by atoms with Gasteiger partial charge in [-0.1, -0.05) is 29.8 Å². The normalized spacial score (nSPS) is 22.4. The van der Waals surface area contributed by atoms with Crippen LogP contribution in [-0.4, -0.2) is 12.4 Å². The van der Waals surface area contributed by atoms with Gasteiger partial charge in [-0.15, -0.1) is 0 Å². The molecule has 2 heteroatoms. The number of carbonyl (C=O) groups excluding carboxylic acids is 1. The molecule has 1 aliphatic heterocycles. The molecule has 2 rings (SSSR count). The monoisotopic (exact) mass is 190 g/mol. The fourth-order valence-electron chi connectivity index (χ4n) is 1.77. The fourth-order valence-corrected chi connectivity index (χ4v) is 1.77. The maximum Gasteiger partial charge on any atom is 0.138 e. The molecule has 0 radical (unpaired) electrons. The van der Waals surface area contributed by atoms with E-state index < -0.39 is 0 Å². The number of ether oxygens (including phenoxy) is 1. The van der Waals surface area contributed by atoms with Crippen molar-refractivity contribution in [2.75, 3.05) is 6.61 Å². The Balaban J connectivity index is 2.17. The third-order valence-electron chi connectivity index (χ3n) is 2.53. The number of aryl methyl sites for hydroxylation is 1. The van der Waals surface area contributed by atoms with Crippen molar-refractivity contribution >= 4 is 5.78 Å². The molecule has 0 saturated carbocycles. The van der Waals surface area contributed by atoms with Crippen LogP contribution < -0.4 is 0 Å². The highest BCUT2D eigenvalue weighted by Gasteiger charge is 2.21. The van der Waals surface area contributed by atoms with Gasteiger partial charge in [0, 0.05) is 12.8 Å². The predicted molar refractivity (Wildman–Crippen MR) is 54.1 cm³/mol. The second-order valence-corrected chi connectivity index (χ2v) is 3.77. The first-order valence-electron chi connectivity index (χ1n) is 4.95. The van der Waals surface area contributed by atoms with Crippen molar-refractivity contribution in [2.24, 2.45) is 0 Å². The van der Waals surface area contributed by atoms with Crippen LogP contribution in [0.1, 0.15) is 30.1 Å². The minimum Gasteiger partial charge on any atom is -0.373 e. The molecule has 0 spiro atoms. The van der Waals surface area contributed by atoms with E-state index in [1.54, 1.807) is 0 Å². The van der Waals surface area contributed by atoms with Gasteiger partial charge in [0.1, 0.15) is 5.78 Å².